The van der Waals surface area contributed by atoms with E-state index in [1.54, 1.807) is 26.0 Å². The number of rotatable bonds is 3. The second-order valence-electron chi connectivity index (χ2n) is 4.82. The zero-order chi connectivity index (χ0) is 16.1. The fourth-order valence-corrected chi connectivity index (χ4v) is 1.91. The molecule has 2 rings (SSSR count). The van der Waals surface area contributed by atoms with Crippen molar-refractivity contribution in [3.63, 3.8) is 0 Å². The molecule has 0 aromatic heterocycles. The van der Waals surface area contributed by atoms with Crippen LogP contribution < -0.4 is 15.4 Å². The number of benzene rings is 1. The lowest BCUT2D eigenvalue weighted by molar-refractivity contribution is -0.0158. The van der Waals surface area contributed by atoms with Crippen molar-refractivity contribution >= 4 is 23.6 Å². The molecule has 0 fully saturated rings. The van der Waals surface area contributed by atoms with Gasteiger partial charge in [0.2, 0.25) is 0 Å². The van der Waals surface area contributed by atoms with Gasteiger partial charge in [-0.05, 0) is 26.0 Å². The number of anilines is 2. The molecule has 120 valence electrons. The van der Waals surface area contributed by atoms with E-state index >= 15 is 0 Å². The van der Waals surface area contributed by atoms with Gasteiger partial charge in [0, 0.05) is 11.3 Å². The number of hydrogen-bond donors (Lipinski definition) is 2. The summed E-state index contributed by atoms with van der Waals surface area (Å²) in [4.78, 5) is 23.1. The van der Waals surface area contributed by atoms with Gasteiger partial charge in [-0.2, -0.15) is 0 Å². The molecule has 2 amide bonds. The standard InChI is InChI=1S/C14H18N2O6/c1-8(2)22-14(18)15-10-4-9-6-20-7-21-12(9)11(5-10)16-13(17)19-3/h4-5,8H,6-7H2,1-3H3,(H,15,18)(H,16,17). The second-order valence-corrected chi connectivity index (χ2v) is 4.82. The van der Waals surface area contributed by atoms with Crippen LogP contribution in [0.1, 0.15) is 19.4 Å². The maximum absolute atomic E-state index is 11.7. The van der Waals surface area contributed by atoms with E-state index in [4.69, 9.17) is 14.2 Å². The maximum Gasteiger partial charge on any atom is 0.411 e. The number of methoxy groups -OCH3 is 1. The zero-order valence-electron chi connectivity index (χ0n) is 12.6. The summed E-state index contributed by atoms with van der Waals surface area (Å²) in [5.41, 5.74) is 1.53. The Hall–Kier alpha value is -2.48. The molecule has 0 spiro atoms. The molecule has 1 heterocycles. The van der Waals surface area contributed by atoms with Gasteiger partial charge in [-0.15, -0.1) is 0 Å². The van der Waals surface area contributed by atoms with Gasteiger partial charge in [-0.25, -0.2) is 9.59 Å². The molecule has 0 atom stereocenters. The summed E-state index contributed by atoms with van der Waals surface area (Å²) in [6, 6.07) is 3.25. The fourth-order valence-electron chi connectivity index (χ4n) is 1.91. The third-order valence-electron chi connectivity index (χ3n) is 2.72. The topological polar surface area (TPSA) is 95.1 Å². The molecule has 0 saturated carbocycles. The van der Waals surface area contributed by atoms with Crippen molar-refractivity contribution in [3.05, 3.63) is 17.7 Å². The van der Waals surface area contributed by atoms with Gasteiger partial charge in [0.05, 0.1) is 25.5 Å². The van der Waals surface area contributed by atoms with Crippen LogP contribution in [-0.2, 0) is 20.8 Å². The van der Waals surface area contributed by atoms with Gasteiger partial charge < -0.3 is 18.9 Å². The fraction of sp³-hybridized carbons (Fsp3) is 0.429. The Morgan fingerprint density at radius 1 is 1.23 bits per heavy atom. The lowest BCUT2D eigenvalue weighted by Gasteiger charge is -2.22. The molecule has 0 aliphatic carbocycles. The van der Waals surface area contributed by atoms with E-state index in [1.165, 1.54) is 7.11 Å². The predicted octanol–water partition coefficient (Wildman–Crippen LogP) is 2.69. The van der Waals surface area contributed by atoms with Crippen LogP contribution in [0.5, 0.6) is 5.75 Å². The van der Waals surface area contributed by atoms with E-state index in [1.807, 2.05) is 0 Å². The molecule has 22 heavy (non-hydrogen) atoms. The molecule has 0 saturated heterocycles. The summed E-state index contributed by atoms with van der Waals surface area (Å²) in [7, 11) is 1.26. The first-order valence-electron chi connectivity index (χ1n) is 6.69. The summed E-state index contributed by atoms with van der Waals surface area (Å²) in [6.45, 7) is 3.89. The average molecular weight is 310 g/mol. The van der Waals surface area contributed by atoms with Crippen LogP contribution in [0, 0.1) is 0 Å². The highest BCUT2D eigenvalue weighted by molar-refractivity contribution is 5.91. The number of carbonyl (C=O) groups is 2. The van der Waals surface area contributed by atoms with Gasteiger partial charge in [0.15, 0.2) is 12.5 Å². The van der Waals surface area contributed by atoms with E-state index in [-0.39, 0.29) is 12.9 Å². The molecule has 1 aromatic carbocycles. The number of fused-ring (bicyclic) bond motifs is 1. The van der Waals surface area contributed by atoms with Gasteiger partial charge in [-0.1, -0.05) is 0 Å². The molecule has 2 N–H and O–H groups in total. The number of nitrogens with one attached hydrogen (secondary N) is 2. The SMILES string of the molecule is COC(=O)Nc1cc(NC(=O)OC(C)C)cc2c1OCOC2. The molecule has 0 bridgehead atoms. The predicted molar refractivity (Wildman–Crippen MR) is 78.0 cm³/mol. The summed E-state index contributed by atoms with van der Waals surface area (Å²) in [6.07, 6.45) is -1.47. The first-order chi connectivity index (χ1) is 10.5. The Balaban J connectivity index is 2.25. The molecule has 1 aromatic rings. The van der Waals surface area contributed by atoms with Gasteiger partial charge in [-0.3, -0.25) is 10.6 Å². The molecule has 0 radical (unpaired) electrons. The van der Waals surface area contributed by atoms with Crippen LogP contribution in [0.4, 0.5) is 21.0 Å². The first kappa shape index (κ1) is 15.9. The summed E-state index contributed by atoms with van der Waals surface area (Å²) in [5.74, 6) is 0.486. The maximum atomic E-state index is 11.7. The number of amides is 2. The van der Waals surface area contributed by atoms with E-state index < -0.39 is 12.2 Å². The zero-order valence-corrected chi connectivity index (χ0v) is 12.6. The highest BCUT2D eigenvalue weighted by Gasteiger charge is 2.19. The van der Waals surface area contributed by atoms with Crippen molar-refractivity contribution in [2.45, 2.75) is 26.6 Å². The summed E-state index contributed by atoms with van der Waals surface area (Å²) >= 11 is 0. The highest BCUT2D eigenvalue weighted by atomic mass is 16.7. The smallest absolute Gasteiger partial charge is 0.411 e. The molecule has 1 aliphatic rings. The molecule has 8 heteroatoms. The Morgan fingerprint density at radius 2 is 2.00 bits per heavy atom. The number of ether oxygens (including phenoxy) is 4. The van der Waals surface area contributed by atoms with Crippen LogP contribution in [0.25, 0.3) is 0 Å². The number of hydrogen-bond acceptors (Lipinski definition) is 6. The van der Waals surface area contributed by atoms with Crippen molar-refractivity contribution in [2.24, 2.45) is 0 Å². The lowest BCUT2D eigenvalue weighted by Crippen LogP contribution is -2.20. The van der Waals surface area contributed by atoms with Crippen LogP contribution in [-0.4, -0.2) is 32.2 Å². The van der Waals surface area contributed by atoms with E-state index in [0.29, 0.717) is 29.3 Å². The van der Waals surface area contributed by atoms with Crippen molar-refractivity contribution < 1.29 is 28.5 Å². The third-order valence-corrected chi connectivity index (χ3v) is 2.72. The van der Waals surface area contributed by atoms with Crippen molar-refractivity contribution in [1.29, 1.82) is 0 Å². The Labute approximate surface area is 127 Å². The van der Waals surface area contributed by atoms with Crippen molar-refractivity contribution in [3.8, 4) is 5.75 Å². The molecule has 0 unspecified atom stereocenters. The first-order valence-corrected chi connectivity index (χ1v) is 6.69. The molecular formula is C14H18N2O6. The van der Waals surface area contributed by atoms with E-state index in [0.717, 1.165) is 0 Å². The van der Waals surface area contributed by atoms with Gasteiger partial charge in [0.1, 0.15) is 0 Å². The van der Waals surface area contributed by atoms with Crippen molar-refractivity contribution in [1.82, 2.24) is 0 Å². The Bertz CT molecular complexity index is 573. The minimum Gasteiger partial charge on any atom is -0.465 e. The Morgan fingerprint density at radius 3 is 2.68 bits per heavy atom. The van der Waals surface area contributed by atoms with Crippen LogP contribution in [0.15, 0.2) is 12.1 Å². The van der Waals surface area contributed by atoms with Crippen molar-refractivity contribution in [2.75, 3.05) is 24.5 Å². The van der Waals surface area contributed by atoms with Gasteiger partial charge in [0.25, 0.3) is 0 Å². The van der Waals surface area contributed by atoms with Crippen LogP contribution in [0.2, 0.25) is 0 Å². The minimum atomic E-state index is -0.640. The molecular weight excluding hydrogens is 292 g/mol. The second kappa shape index (κ2) is 6.99. The Kier molecular flexibility index (Phi) is 5.05. The third kappa shape index (κ3) is 4.01. The minimum absolute atomic E-state index is 0.0883. The lowest BCUT2D eigenvalue weighted by atomic mass is 10.1. The quantitative estimate of drug-likeness (QED) is 0.891. The number of carbonyl (C=O) groups excluding carboxylic acids is 2. The van der Waals surface area contributed by atoms with E-state index in [9.17, 15) is 9.59 Å². The molecule has 1 aliphatic heterocycles. The van der Waals surface area contributed by atoms with Crippen LogP contribution >= 0.6 is 0 Å². The molecule has 8 nitrogen and oxygen atoms in total. The summed E-state index contributed by atoms with van der Waals surface area (Å²) < 4.78 is 20.2. The average Bonchev–Trinajstić information content (AvgIpc) is 2.46. The normalized spacial score (nSPS) is 12.9. The highest BCUT2D eigenvalue weighted by Crippen LogP contribution is 2.35. The summed E-state index contributed by atoms with van der Waals surface area (Å²) in [5, 5.41) is 5.13. The van der Waals surface area contributed by atoms with Gasteiger partial charge >= 0.3 is 12.2 Å². The largest absolute Gasteiger partial charge is 0.465 e. The van der Waals surface area contributed by atoms with E-state index in [2.05, 4.69) is 15.4 Å². The monoisotopic (exact) mass is 310 g/mol. The van der Waals surface area contributed by atoms with Crippen LogP contribution in [0.3, 0.4) is 0 Å².